The molecule has 0 aromatic heterocycles. The summed E-state index contributed by atoms with van der Waals surface area (Å²) in [5.41, 5.74) is 0. The van der Waals surface area contributed by atoms with Gasteiger partial charge in [0.25, 0.3) is 0 Å². The van der Waals surface area contributed by atoms with Crippen LogP contribution in [-0.2, 0) is 9.59 Å². The maximum absolute atomic E-state index is 11.8. The Bertz CT molecular complexity index is 649. The fourth-order valence-electron chi connectivity index (χ4n) is 4.02. The summed E-state index contributed by atoms with van der Waals surface area (Å²) in [6, 6.07) is 6.85. The van der Waals surface area contributed by atoms with Crippen molar-refractivity contribution in [1.29, 1.82) is 0 Å². The van der Waals surface area contributed by atoms with Gasteiger partial charge in [-0.25, -0.2) is 0 Å². The summed E-state index contributed by atoms with van der Waals surface area (Å²) in [6.45, 7) is 4.11. The minimum absolute atomic E-state index is 0.258. The number of ether oxygens (including phenoxy) is 1. The largest absolute Gasteiger partial charge is 0.508 e. The number of unbranched alkanes of at least 4 members (excludes halogenated alkanes) is 15. The highest BCUT2D eigenvalue weighted by molar-refractivity contribution is 6.35. The molecule has 0 bridgehead atoms. The highest BCUT2D eigenvalue weighted by Gasteiger charge is 2.11. The van der Waals surface area contributed by atoms with E-state index in [0.29, 0.717) is 19.7 Å². The van der Waals surface area contributed by atoms with Gasteiger partial charge in [-0.2, -0.15) is 0 Å². The van der Waals surface area contributed by atoms with E-state index in [1.165, 1.54) is 77.0 Å². The second-order valence-electron chi connectivity index (χ2n) is 9.51. The minimum Gasteiger partial charge on any atom is -0.508 e. The van der Waals surface area contributed by atoms with Crippen LogP contribution in [0.5, 0.6) is 11.5 Å². The molecule has 1 rings (SSSR count). The van der Waals surface area contributed by atoms with Crippen molar-refractivity contribution in [3.63, 3.8) is 0 Å². The standard InChI is InChI=1S/C29H50N2O4/c1-2-3-4-5-6-10-13-16-23-30-28(33)29(34)31-24-17-14-11-8-7-9-12-15-18-25-35-27-21-19-26(32)20-22-27/h19-22,32H,2-18,23-25H2,1H3,(H,30,33)(H,31,34). The Balaban J connectivity index is 1.80. The average molecular weight is 491 g/mol. The van der Waals surface area contributed by atoms with Crippen LogP contribution in [-0.4, -0.2) is 36.6 Å². The molecule has 0 aliphatic rings. The summed E-state index contributed by atoms with van der Waals surface area (Å²) >= 11 is 0. The highest BCUT2D eigenvalue weighted by atomic mass is 16.5. The molecule has 1 aromatic carbocycles. The van der Waals surface area contributed by atoms with Crippen LogP contribution in [0.15, 0.2) is 24.3 Å². The summed E-state index contributed by atoms with van der Waals surface area (Å²) in [7, 11) is 0. The first-order chi connectivity index (χ1) is 17.1. The van der Waals surface area contributed by atoms with Gasteiger partial charge in [-0.1, -0.05) is 96.8 Å². The Labute approximate surface area is 213 Å². The van der Waals surface area contributed by atoms with Gasteiger partial charge in [-0.15, -0.1) is 0 Å². The number of carbonyl (C=O) groups is 2. The molecule has 0 unspecified atom stereocenters. The van der Waals surface area contributed by atoms with Crippen molar-refractivity contribution in [1.82, 2.24) is 10.6 Å². The van der Waals surface area contributed by atoms with Crippen molar-refractivity contribution in [2.75, 3.05) is 19.7 Å². The number of benzene rings is 1. The number of phenols is 1. The summed E-state index contributed by atoms with van der Waals surface area (Å²) in [5, 5.41) is 14.7. The van der Waals surface area contributed by atoms with E-state index in [1.807, 2.05) is 0 Å². The molecule has 0 aliphatic heterocycles. The lowest BCUT2D eigenvalue weighted by Crippen LogP contribution is -2.40. The van der Waals surface area contributed by atoms with Crippen LogP contribution in [0.1, 0.15) is 116 Å². The molecule has 0 aliphatic carbocycles. The Morgan fingerprint density at radius 3 is 1.49 bits per heavy atom. The van der Waals surface area contributed by atoms with Gasteiger partial charge in [0.1, 0.15) is 11.5 Å². The number of hydrogen-bond acceptors (Lipinski definition) is 4. The van der Waals surface area contributed by atoms with Gasteiger partial charge in [0, 0.05) is 13.1 Å². The molecular formula is C29H50N2O4. The fraction of sp³-hybridized carbons (Fsp3) is 0.724. The predicted molar refractivity (Wildman–Crippen MR) is 144 cm³/mol. The number of amides is 2. The number of carbonyl (C=O) groups excluding carboxylic acids is 2. The minimum atomic E-state index is -0.501. The Kier molecular flexibility index (Phi) is 19.6. The van der Waals surface area contributed by atoms with Gasteiger partial charge in [0.05, 0.1) is 6.61 Å². The van der Waals surface area contributed by atoms with E-state index in [0.717, 1.165) is 37.9 Å². The Morgan fingerprint density at radius 2 is 1.03 bits per heavy atom. The van der Waals surface area contributed by atoms with Crippen molar-refractivity contribution < 1.29 is 19.4 Å². The van der Waals surface area contributed by atoms with Crippen LogP contribution in [0, 0.1) is 0 Å². The van der Waals surface area contributed by atoms with E-state index in [4.69, 9.17) is 4.74 Å². The number of phenolic OH excluding ortho intramolecular Hbond substituents is 1. The number of nitrogens with one attached hydrogen (secondary N) is 2. The van der Waals surface area contributed by atoms with E-state index in [9.17, 15) is 14.7 Å². The van der Waals surface area contributed by atoms with Gasteiger partial charge in [-0.3, -0.25) is 9.59 Å². The van der Waals surface area contributed by atoms with E-state index in [-0.39, 0.29) is 5.75 Å². The Hall–Kier alpha value is -2.24. The van der Waals surface area contributed by atoms with E-state index < -0.39 is 11.8 Å². The van der Waals surface area contributed by atoms with Crippen LogP contribution in [0.4, 0.5) is 0 Å². The zero-order chi connectivity index (χ0) is 25.4. The first-order valence-corrected chi connectivity index (χ1v) is 14.1. The second kappa shape index (κ2) is 22.2. The molecule has 0 saturated carbocycles. The molecule has 0 radical (unpaired) electrons. The van der Waals surface area contributed by atoms with Crippen molar-refractivity contribution in [3.8, 4) is 11.5 Å². The molecule has 200 valence electrons. The molecule has 0 atom stereocenters. The monoisotopic (exact) mass is 490 g/mol. The second-order valence-corrected chi connectivity index (χ2v) is 9.51. The number of hydrogen-bond donors (Lipinski definition) is 3. The maximum atomic E-state index is 11.8. The fourth-order valence-corrected chi connectivity index (χ4v) is 4.02. The van der Waals surface area contributed by atoms with Crippen molar-refractivity contribution >= 4 is 11.8 Å². The van der Waals surface area contributed by atoms with Crippen molar-refractivity contribution in [2.24, 2.45) is 0 Å². The first kappa shape index (κ1) is 30.8. The molecule has 35 heavy (non-hydrogen) atoms. The molecule has 3 N–H and O–H groups in total. The van der Waals surface area contributed by atoms with Crippen molar-refractivity contribution in [3.05, 3.63) is 24.3 Å². The SMILES string of the molecule is CCCCCCCCCCNC(=O)C(=O)NCCCCCCCCCCCOc1ccc(O)cc1. The molecule has 6 heteroatoms. The molecule has 6 nitrogen and oxygen atoms in total. The van der Waals surface area contributed by atoms with Crippen LogP contribution >= 0.6 is 0 Å². The third-order valence-electron chi connectivity index (χ3n) is 6.23. The van der Waals surface area contributed by atoms with Crippen LogP contribution in [0.25, 0.3) is 0 Å². The number of aromatic hydroxyl groups is 1. The lowest BCUT2D eigenvalue weighted by molar-refractivity contribution is -0.139. The highest BCUT2D eigenvalue weighted by Crippen LogP contribution is 2.16. The summed E-state index contributed by atoms with van der Waals surface area (Å²) < 4.78 is 5.66. The topological polar surface area (TPSA) is 87.7 Å². The molecule has 0 heterocycles. The molecule has 0 saturated heterocycles. The van der Waals surface area contributed by atoms with E-state index in [1.54, 1.807) is 24.3 Å². The van der Waals surface area contributed by atoms with Crippen LogP contribution < -0.4 is 15.4 Å². The molecule has 2 amide bonds. The summed E-state index contributed by atoms with van der Waals surface area (Å²) in [6.07, 6.45) is 20.1. The van der Waals surface area contributed by atoms with Gasteiger partial charge in [0.15, 0.2) is 0 Å². The smallest absolute Gasteiger partial charge is 0.309 e. The zero-order valence-electron chi connectivity index (χ0n) is 22.1. The quantitative estimate of drug-likeness (QED) is 0.125. The average Bonchev–Trinajstić information content (AvgIpc) is 2.86. The van der Waals surface area contributed by atoms with Crippen LogP contribution in [0.2, 0.25) is 0 Å². The van der Waals surface area contributed by atoms with Crippen molar-refractivity contribution in [2.45, 2.75) is 116 Å². The molecule has 1 aromatic rings. The first-order valence-electron chi connectivity index (χ1n) is 14.1. The zero-order valence-corrected chi connectivity index (χ0v) is 22.1. The van der Waals surface area contributed by atoms with E-state index in [2.05, 4.69) is 17.6 Å². The third kappa shape index (κ3) is 18.7. The summed E-state index contributed by atoms with van der Waals surface area (Å²) in [4.78, 5) is 23.7. The van der Waals surface area contributed by atoms with Gasteiger partial charge >= 0.3 is 11.8 Å². The molecule has 0 fully saturated rings. The third-order valence-corrected chi connectivity index (χ3v) is 6.23. The Morgan fingerprint density at radius 1 is 0.629 bits per heavy atom. The van der Waals surface area contributed by atoms with Gasteiger partial charge < -0.3 is 20.5 Å². The maximum Gasteiger partial charge on any atom is 0.309 e. The van der Waals surface area contributed by atoms with E-state index >= 15 is 0 Å². The predicted octanol–water partition coefficient (Wildman–Crippen LogP) is 6.66. The lowest BCUT2D eigenvalue weighted by atomic mass is 10.1. The molecular weight excluding hydrogens is 440 g/mol. The van der Waals surface area contributed by atoms with Gasteiger partial charge in [0.2, 0.25) is 0 Å². The molecule has 0 spiro atoms. The normalized spacial score (nSPS) is 10.8. The lowest BCUT2D eigenvalue weighted by Gasteiger charge is -2.07. The summed E-state index contributed by atoms with van der Waals surface area (Å²) in [5.74, 6) is 0.0629. The van der Waals surface area contributed by atoms with Crippen LogP contribution in [0.3, 0.4) is 0 Å². The van der Waals surface area contributed by atoms with Gasteiger partial charge in [-0.05, 0) is 43.5 Å². The number of rotatable bonds is 22.